The molecule has 24 heavy (non-hydrogen) atoms. The largest absolute Gasteiger partial charge is 0.434 e. The first-order chi connectivity index (χ1) is 11.5. The first-order valence-electron chi connectivity index (χ1n) is 7.29. The van der Waals surface area contributed by atoms with Crippen molar-refractivity contribution in [2.45, 2.75) is 12.1 Å². The number of cyclic esters (lactones) is 1. The SMILES string of the molecule is O=C1NCC(C(=O)N[C@H](c2ccccc2)c2ccc(Cl)c(Cl)c2)O1. The van der Waals surface area contributed by atoms with Gasteiger partial charge in [0.25, 0.3) is 5.91 Å². The third kappa shape index (κ3) is 3.63. The van der Waals surface area contributed by atoms with Gasteiger partial charge in [-0.15, -0.1) is 0 Å². The Kier molecular flexibility index (Phi) is 4.92. The molecule has 1 aliphatic heterocycles. The van der Waals surface area contributed by atoms with Crippen molar-refractivity contribution < 1.29 is 14.3 Å². The van der Waals surface area contributed by atoms with Crippen molar-refractivity contribution in [3.63, 3.8) is 0 Å². The van der Waals surface area contributed by atoms with Crippen molar-refractivity contribution in [1.29, 1.82) is 0 Å². The third-order valence-electron chi connectivity index (χ3n) is 3.67. The molecule has 0 spiro atoms. The molecule has 5 nitrogen and oxygen atoms in total. The monoisotopic (exact) mass is 364 g/mol. The van der Waals surface area contributed by atoms with Crippen molar-refractivity contribution >= 4 is 35.2 Å². The summed E-state index contributed by atoms with van der Waals surface area (Å²) in [4.78, 5) is 23.5. The number of carbonyl (C=O) groups is 2. The van der Waals surface area contributed by atoms with E-state index in [-0.39, 0.29) is 12.5 Å². The van der Waals surface area contributed by atoms with E-state index >= 15 is 0 Å². The highest BCUT2D eigenvalue weighted by Gasteiger charge is 2.31. The van der Waals surface area contributed by atoms with Crippen LogP contribution in [-0.2, 0) is 9.53 Å². The van der Waals surface area contributed by atoms with E-state index in [1.807, 2.05) is 30.3 Å². The lowest BCUT2D eigenvalue weighted by atomic mass is 9.98. The lowest BCUT2D eigenvalue weighted by molar-refractivity contribution is -0.128. The first-order valence-corrected chi connectivity index (χ1v) is 8.05. The van der Waals surface area contributed by atoms with E-state index in [0.717, 1.165) is 11.1 Å². The molecular weight excluding hydrogens is 351 g/mol. The van der Waals surface area contributed by atoms with Crippen molar-refractivity contribution in [1.82, 2.24) is 10.6 Å². The summed E-state index contributed by atoms with van der Waals surface area (Å²) in [6.07, 6.45) is -1.45. The standard InChI is InChI=1S/C17H14Cl2N2O3/c18-12-7-6-11(8-13(12)19)15(10-4-2-1-3-5-10)21-16(22)14-9-20-17(23)24-14/h1-8,14-15H,9H2,(H,20,23)(H,21,22)/t14?,15-/m1/s1. The molecule has 2 atom stereocenters. The molecule has 0 aromatic heterocycles. The lowest BCUT2D eigenvalue weighted by Crippen LogP contribution is -2.39. The fraction of sp³-hybridized carbons (Fsp3) is 0.176. The number of hydrogen-bond donors (Lipinski definition) is 2. The van der Waals surface area contributed by atoms with Crippen molar-refractivity contribution in [2.24, 2.45) is 0 Å². The minimum atomic E-state index is -0.855. The maximum absolute atomic E-state index is 12.4. The zero-order valence-corrected chi connectivity index (χ0v) is 14.0. The highest BCUT2D eigenvalue weighted by molar-refractivity contribution is 6.42. The smallest absolute Gasteiger partial charge is 0.408 e. The van der Waals surface area contributed by atoms with Crippen LogP contribution < -0.4 is 10.6 Å². The predicted molar refractivity (Wildman–Crippen MR) is 91.2 cm³/mol. The molecule has 2 aromatic carbocycles. The number of hydrogen-bond acceptors (Lipinski definition) is 3. The van der Waals surface area contributed by atoms with Gasteiger partial charge in [-0.2, -0.15) is 0 Å². The number of amides is 2. The van der Waals surface area contributed by atoms with Crippen molar-refractivity contribution in [3.8, 4) is 0 Å². The number of benzene rings is 2. The van der Waals surface area contributed by atoms with Crippen LogP contribution in [0.2, 0.25) is 10.0 Å². The zero-order chi connectivity index (χ0) is 17.1. The molecule has 0 aliphatic carbocycles. The Balaban J connectivity index is 1.89. The van der Waals surface area contributed by atoms with Gasteiger partial charge < -0.3 is 15.4 Å². The second-order valence-electron chi connectivity index (χ2n) is 5.30. The highest BCUT2D eigenvalue weighted by atomic mass is 35.5. The Labute approximate surface area is 148 Å². The van der Waals surface area contributed by atoms with E-state index in [1.54, 1.807) is 18.2 Å². The predicted octanol–water partition coefficient (Wildman–Crippen LogP) is 3.31. The summed E-state index contributed by atoms with van der Waals surface area (Å²) in [7, 11) is 0. The Morgan fingerprint density at radius 2 is 1.88 bits per heavy atom. The fourth-order valence-electron chi connectivity index (χ4n) is 2.47. The lowest BCUT2D eigenvalue weighted by Gasteiger charge is -2.21. The Bertz CT molecular complexity index is 768. The summed E-state index contributed by atoms with van der Waals surface area (Å²) in [6, 6.07) is 14.2. The van der Waals surface area contributed by atoms with Crippen molar-refractivity contribution in [3.05, 3.63) is 69.7 Å². The topological polar surface area (TPSA) is 67.4 Å². The van der Waals surface area contributed by atoms with Crippen molar-refractivity contribution in [2.75, 3.05) is 6.54 Å². The van der Waals surface area contributed by atoms with Crippen LogP contribution in [0.3, 0.4) is 0 Å². The molecule has 1 aliphatic rings. The molecule has 2 aromatic rings. The summed E-state index contributed by atoms with van der Waals surface area (Å²) in [5.74, 6) is -0.381. The van der Waals surface area contributed by atoms with Crippen LogP contribution in [0.25, 0.3) is 0 Å². The third-order valence-corrected chi connectivity index (χ3v) is 4.41. The van der Waals surface area contributed by atoms with E-state index in [9.17, 15) is 9.59 Å². The second kappa shape index (κ2) is 7.11. The second-order valence-corrected chi connectivity index (χ2v) is 6.12. The number of nitrogens with one attached hydrogen (secondary N) is 2. The maximum atomic E-state index is 12.4. The molecule has 1 heterocycles. The summed E-state index contributed by atoms with van der Waals surface area (Å²) >= 11 is 12.1. The molecule has 3 rings (SSSR count). The van der Waals surface area contributed by atoms with Gasteiger partial charge >= 0.3 is 6.09 Å². The number of carbonyl (C=O) groups excluding carboxylic acids is 2. The number of ether oxygens (including phenoxy) is 1. The van der Waals surface area contributed by atoms with Gasteiger partial charge in [0, 0.05) is 0 Å². The number of halogens is 2. The zero-order valence-electron chi connectivity index (χ0n) is 12.5. The van der Waals surface area contributed by atoms with Gasteiger partial charge in [0.1, 0.15) is 0 Å². The first kappa shape index (κ1) is 16.6. The van der Waals surface area contributed by atoms with E-state index in [2.05, 4.69) is 10.6 Å². The van der Waals surface area contributed by atoms with Gasteiger partial charge in [-0.3, -0.25) is 4.79 Å². The summed E-state index contributed by atoms with van der Waals surface area (Å²) in [5.41, 5.74) is 1.66. The van der Waals surface area contributed by atoms with Gasteiger partial charge in [-0.1, -0.05) is 59.6 Å². The normalized spacial score (nSPS) is 17.8. The molecule has 1 unspecified atom stereocenters. The Morgan fingerprint density at radius 3 is 2.50 bits per heavy atom. The van der Waals surface area contributed by atoms with Crippen LogP contribution in [0.5, 0.6) is 0 Å². The van der Waals surface area contributed by atoms with E-state index < -0.39 is 18.2 Å². The van der Waals surface area contributed by atoms with E-state index in [4.69, 9.17) is 27.9 Å². The fourth-order valence-corrected chi connectivity index (χ4v) is 2.77. The van der Waals surface area contributed by atoms with Gasteiger partial charge in [0.05, 0.1) is 22.6 Å². The highest BCUT2D eigenvalue weighted by Crippen LogP contribution is 2.29. The van der Waals surface area contributed by atoms with E-state index in [1.165, 1.54) is 0 Å². The molecule has 2 amide bonds. The molecule has 0 saturated carbocycles. The van der Waals surface area contributed by atoms with Crippen LogP contribution in [0.15, 0.2) is 48.5 Å². The summed E-state index contributed by atoms with van der Waals surface area (Å²) in [6.45, 7) is 0.146. The van der Waals surface area contributed by atoms with Crippen LogP contribution in [0.4, 0.5) is 4.79 Å². The minimum absolute atomic E-state index is 0.146. The molecular formula is C17H14Cl2N2O3. The molecule has 1 fully saturated rings. The molecule has 7 heteroatoms. The maximum Gasteiger partial charge on any atom is 0.408 e. The minimum Gasteiger partial charge on any atom is -0.434 e. The Hall–Kier alpha value is -2.24. The quantitative estimate of drug-likeness (QED) is 0.874. The van der Waals surface area contributed by atoms with Crippen LogP contribution in [-0.4, -0.2) is 24.6 Å². The number of rotatable bonds is 4. The van der Waals surface area contributed by atoms with Gasteiger partial charge in [0.15, 0.2) is 6.10 Å². The average Bonchev–Trinajstić information content (AvgIpc) is 3.02. The Morgan fingerprint density at radius 1 is 1.12 bits per heavy atom. The summed E-state index contributed by atoms with van der Waals surface area (Å²) < 4.78 is 4.93. The van der Waals surface area contributed by atoms with Gasteiger partial charge in [0.2, 0.25) is 0 Å². The summed E-state index contributed by atoms with van der Waals surface area (Å²) in [5, 5.41) is 6.20. The van der Waals surface area contributed by atoms with E-state index in [0.29, 0.717) is 10.0 Å². The van der Waals surface area contributed by atoms with Crippen LogP contribution in [0, 0.1) is 0 Å². The molecule has 2 N–H and O–H groups in total. The average molecular weight is 365 g/mol. The molecule has 124 valence electrons. The van der Waals surface area contributed by atoms with Gasteiger partial charge in [-0.05, 0) is 23.3 Å². The molecule has 1 saturated heterocycles. The molecule has 0 radical (unpaired) electrons. The van der Waals surface area contributed by atoms with Gasteiger partial charge in [-0.25, -0.2) is 4.79 Å². The van der Waals surface area contributed by atoms with Crippen LogP contribution >= 0.6 is 23.2 Å². The molecule has 0 bridgehead atoms. The number of alkyl carbamates (subject to hydrolysis) is 1. The van der Waals surface area contributed by atoms with Crippen LogP contribution in [0.1, 0.15) is 17.2 Å².